The van der Waals surface area contributed by atoms with Crippen LogP contribution in [0.3, 0.4) is 0 Å². The third kappa shape index (κ3) is 3.42. The molecule has 1 fully saturated rings. The Morgan fingerprint density at radius 1 is 1.41 bits per heavy atom. The number of ether oxygens (including phenoxy) is 1. The Kier molecular flexibility index (Phi) is 4.40. The molecule has 1 aliphatic carbocycles. The molecule has 3 nitrogen and oxygen atoms in total. The van der Waals surface area contributed by atoms with Crippen molar-refractivity contribution in [2.45, 2.75) is 31.4 Å². The van der Waals surface area contributed by atoms with E-state index >= 15 is 0 Å². The SMILES string of the molecule is COC(C1CC1)C(Cc1ccc(Cl)cc1)NN. The molecule has 4 heteroatoms. The van der Waals surface area contributed by atoms with Crippen LogP contribution < -0.4 is 11.3 Å². The number of hydrogen-bond donors (Lipinski definition) is 2. The lowest BCUT2D eigenvalue weighted by atomic mass is 9.99. The minimum atomic E-state index is 0.161. The average Bonchev–Trinajstić information content (AvgIpc) is 3.16. The number of nitrogens with one attached hydrogen (secondary N) is 1. The van der Waals surface area contributed by atoms with Crippen LogP contribution in [0.4, 0.5) is 0 Å². The highest BCUT2D eigenvalue weighted by atomic mass is 35.5. The number of methoxy groups -OCH3 is 1. The first-order valence-electron chi connectivity index (χ1n) is 5.98. The van der Waals surface area contributed by atoms with E-state index in [1.807, 2.05) is 24.3 Å². The fraction of sp³-hybridized carbons (Fsp3) is 0.538. The molecule has 1 saturated carbocycles. The van der Waals surface area contributed by atoms with E-state index in [9.17, 15) is 0 Å². The second kappa shape index (κ2) is 5.83. The van der Waals surface area contributed by atoms with E-state index in [1.165, 1.54) is 18.4 Å². The minimum Gasteiger partial charge on any atom is -0.379 e. The summed E-state index contributed by atoms with van der Waals surface area (Å²) >= 11 is 5.87. The van der Waals surface area contributed by atoms with E-state index in [0.717, 1.165) is 11.4 Å². The maximum Gasteiger partial charge on any atom is 0.0769 e. The Balaban J connectivity index is 2.00. The second-order valence-corrected chi connectivity index (χ2v) is 5.08. The van der Waals surface area contributed by atoms with Crippen molar-refractivity contribution >= 4 is 11.6 Å². The molecule has 0 aromatic heterocycles. The van der Waals surface area contributed by atoms with Gasteiger partial charge in [0, 0.05) is 12.1 Å². The molecular weight excluding hydrogens is 236 g/mol. The van der Waals surface area contributed by atoms with E-state index < -0.39 is 0 Å². The maximum absolute atomic E-state index is 5.87. The molecule has 0 amide bonds. The monoisotopic (exact) mass is 254 g/mol. The van der Waals surface area contributed by atoms with Crippen LogP contribution in [0.2, 0.25) is 5.02 Å². The number of halogens is 1. The van der Waals surface area contributed by atoms with E-state index in [2.05, 4.69) is 5.43 Å². The normalized spacial score (nSPS) is 19.0. The van der Waals surface area contributed by atoms with Gasteiger partial charge in [0.05, 0.1) is 12.1 Å². The Labute approximate surface area is 107 Å². The number of rotatable bonds is 6. The molecular formula is C13H19ClN2O. The van der Waals surface area contributed by atoms with Gasteiger partial charge in [-0.15, -0.1) is 0 Å². The van der Waals surface area contributed by atoms with Gasteiger partial charge in [0.2, 0.25) is 0 Å². The van der Waals surface area contributed by atoms with Crippen LogP contribution in [0, 0.1) is 5.92 Å². The molecule has 17 heavy (non-hydrogen) atoms. The molecule has 1 aliphatic rings. The summed E-state index contributed by atoms with van der Waals surface area (Å²) in [6, 6.07) is 8.04. The molecule has 0 radical (unpaired) electrons. The predicted molar refractivity (Wildman–Crippen MR) is 69.8 cm³/mol. The van der Waals surface area contributed by atoms with Crippen LogP contribution >= 0.6 is 11.6 Å². The number of hydrogen-bond acceptors (Lipinski definition) is 3. The van der Waals surface area contributed by atoms with Crippen molar-refractivity contribution in [3.63, 3.8) is 0 Å². The fourth-order valence-corrected chi connectivity index (χ4v) is 2.38. The third-order valence-corrected chi connectivity index (χ3v) is 3.59. The maximum atomic E-state index is 5.87. The van der Waals surface area contributed by atoms with Crippen molar-refractivity contribution in [2.24, 2.45) is 11.8 Å². The summed E-state index contributed by atoms with van der Waals surface area (Å²) in [6.07, 6.45) is 3.56. The second-order valence-electron chi connectivity index (χ2n) is 4.64. The van der Waals surface area contributed by atoms with Gasteiger partial charge in [0.15, 0.2) is 0 Å². The first-order chi connectivity index (χ1) is 8.24. The van der Waals surface area contributed by atoms with E-state index in [1.54, 1.807) is 7.11 Å². The number of nitrogens with two attached hydrogens (primary N) is 1. The Morgan fingerprint density at radius 3 is 2.53 bits per heavy atom. The highest BCUT2D eigenvalue weighted by Crippen LogP contribution is 2.36. The molecule has 1 aromatic rings. The van der Waals surface area contributed by atoms with Gasteiger partial charge in [0.25, 0.3) is 0 Å². The van der Waals surface area contributed by atoms with Crippen LogP contribution in [0.5, 0.6) is 0 Å². The van der Waals surface area contributed by atoms with E-state index in [-0.39, 0.29) is 12.1 Å². The Hall–Kier alpha value is -0.610. The quantitative estimate of drug-likeness (QED) is 0.604. The average molecular weight is 255 g/mol. The smallest absolute Gasteiger partial charge is 0.0769 e. The zero-order valence-electron chi connectivity index (χ0n) is 10.0. The van der Waals surface area contributed by atoms with Gasteiger partial charge in [-0.05, 0) is 42.9 Å². The first-order valence-corrected chi connectivity index (χ1v) is 6.35. The van der Waals surface area contributed by atoms with Crippen molar-refractivity contribution in [1.82, 2.24) is 5.43 Å². The highest BCUT2D eigenvalue weighted by Gasteiger charge is 2.36. The molecule has 0 aliphatic heterocycles. The Bertz CT molecular complexity index is 351. The lowest BCUT2D eigenvalue weighted by Crippen LogP contribution is -2.47. The van der Waals surface area contributed by atoms with Crippen molar-refractivity contribution in [3.8, 4) is 0 Å². The third-order valence-electron chi connectivity index (χ3n) is 3.34. The molecule has 0 bridgehead atoms. The minimum absolute atomic E-state index is 0.161. The van der Waals surface area contributed by atoms with Crippen LogP contribution in [-0.4, -0.2) is 19.3 Å². The van der Waals surface area contributed by atoms with Gasteiger partial charge in [0.1, 0.15) is 0 Å². The predicted octanol–water partition coefficient (Wildman–Crippen LogP) is 2.14. The van der Waals surface area contributed by atoms with E-state index in [0.29, 0.717) is 5.92 Å². The van der Waals surface area contributed by atoms with Crippen molar-refractivity contribution in [3.05, 3.63) is 34.9 Å². The molecule has 1 aromatic carbocycles. The Morgan fingerprint density at radius 2 is 2.06 bits per heavy atom. The van der Waals surface area contributed by atoms with E-state index in [4.69, 9.17) is 22.2 Å². The zero-order valence-corrected chi connectivity index (χ0v) is 10.8. The zero-order chi connectivity index (χ0) is 12.3. The number of benzene rings is 1. The summed E-state index contributed by atoms with van der Waals surface area (Å²) in [5.41, 5.74) is 4.10. The van der Waals surface area contributed by atoms with Crippen molar-refractivity contribution < 1.29 is 4.74 Å². The van der Waals surface area contributed by atoms with Gasteiger partial charge in [-0.2, -0.15) is 0 Å². The van der Waals surface area contributed by atoms with Crippen LogP contribution in [0.15, 0.2) is 24.3 Å². The van der Waals surface area contributed by atoms with Crippen molar-refractivity contribution in [2.75, 3.05) is 7.11 Å². The first kappa shape index (κ1) is 12.8. The molecule has 2 atom stereocenters. The van der Waals surface area contributed by atoms with Gasteiger partial charge < -0.3 is 4.74 Å². The summed E-state index contributed by atoms with van der Waals surface area (Å²) in [6.45, 7) is 0. The van der Waals surface area contributed by atoms with Gasteiger partial charge in [-0.25, -0.2) is 0 Å². The molecule has 0 saturated heterocycles. The summed E-state index contributed by atoms with van der Waals surface area (Å²) in [5, 5.41) is 0.761. The summed E-state index contributed by atoms with van der Waals surface area (Å²) in [4.78, 5) is 0. The lowest BCUT2D eigenvalue weighted by molar-refractivity contribution is 0.0511. The van der Waals surface area contributed by atoms with Gasteiger partial charge in [-0.3, -0.25) is 11.3 Å². The standard InChI is InChI=1S/C13H19ClN2O/c1-17-13(10-4-5-10)12(16-15)8-9-2-6-11(14)7-3-9/h2-3,6-7,10,12-13,16H,4-5,8,15H2,1H3. The topological polar surface area (TPSA) is 47.3 Å². The molecule has 94 valence electrons. The lowest BCUT2D eigenvalue weighted by Gasteiger charge is -2.25. The largest absolute Gasteiger partial charge is 0.379 e. The van der Waals surface area contributed by atoms with Crippen molar-refractivity contribution in [1.29, 1.82) is 0 Å². The van der Waals surface area contributed by atoms with Gasteiger partial charge >= 0.3 is 0 Å². The molecule has 0 heterocycles. The van der Waals surface area contributed by atoms with Crippen LogP contribution in [0.25, 0.3) is 0 Å². The fourth-order valence-electron chi connectivity index (χ4n) is 2.25. The van der Waals surface area contributed by atoms with Crippen LogP contribution in [-0.2, 0) is 11.2 Å². The summed E-state index contributed by atoms with van der Waals surface area (Å²) in [7, 11) is 1.76. The molecule has 2 rings (SSSR count). The molecule has 2 unspecified atom stereocenters. The summed E-state index contributed by atoms with van der Waals surface area (Å²) < 4.78 is 5.55. The summed E-state index contributed by atoms with van der Waals surface area (Å²) in [5.74, 6) is 6.30. The molecule has 0 spiro atoms. The van der Waals surface area contributed by atoms with Gasteiger partial charge in [-0.1, -0.05) is 23.7 Å². The highest BCUT2D eigenvalue weighted by molar-refractivity contribution is 6.30. The molecule has 3 N–H and O–H groups in total. The van der Waals surface area contributed by atoms with Crippen LogP contribution in [0.1, 0.15) is 18.4 Å². The number of hydrazine groups is 1.